The van der Waals surface area contributed by atoms with Crippen LogP contribution < -0.4 is 9.64 Å². The Morgan fingerprint density at radius 1 is 1.02 bits per heavy atom. The first kappa shape index (κ1) is 36.6. The molecule has 0 radical (unpaired) electrons. The molecule has 4 heterocycles. The van der Waals surface area contributed by atoms with Crippen molar-refractivity contribution in [1.82, 2.24) is 24.8 Å². The first-order valence-electron chi connectivity index (χ1n) is 16.2. The van der Waals surface area contributed by atoms with E-state index in [1.54, 1.807) is 29.3 Å². The quantitative estimate of drug-likeness (QED) is 0.214. The molecule has 2 aromatic heterocycles. The van der Waals surface area contributed by atoms with Gasteiger partial charge in [-0.05, 0) is 72.0 Å². The second kappa shape index (κ2) is 16.2. The van der Waals surface area contributed by atoms with Gasteiger partial charge >= 0.3 is 12.1 Å². The molecule has 12 heteroatoms. The highest BCUT2D eigenvalue weighted by molar-refractivity contribution is 6.36. The smallest absolute Gasteiger partial charge is 0.410 e. The number of halogens is 2. The highest BCUT2D eigenvalue weighted by atomic mass is 35.5. The SMILES string of the molecule is CC#N.CC(C)N1CCCC1.COc1nc(N2CCN(C(=O)OC(C)(C)C)CC2)c2cnc(-c3cccc4cccc(Cl)c34)c(F)c2n1. The van der Waals surface area contributed by atoms with E-state index >= 15 is 4.39 Å². The van der Waals surface area contributed by atoms with E-state index in [0.717, 1.165) is 16.8 Å². The molecule has 0 bridgehead atoms. The molecule has 0 aliphatic carbocycles. The third-order valence-corrected chi connectivity index (χ3v) is 8.35. The van der Waals surface area contributed by atoms with Crippen LogP contribution in [0.1, 0.15) is 54.4 Å². The van der Waals surface area contributed by atoms with Crippen LogP contribution >= 0.6 is 11.6 Å². The molecule has 0 saturated carbocycles. The summed E-state index contributed by atoms with van der Waals surface area (Å²) in [6, 6.07) is 13.7. The number of pyridine rings is 1. The van der Waals surface area contributed by atoms with E-state index in [1.807, 2.05) is 49.9 Å². The molecule has 2 fully saturated rings. The number of ether oxygens (including phenoxy) is 2. The van der Waals surface area contributed by atoms with Gasteiger partial charge in [0, 0.05) is 61.3 Å². The van der Waals surface area contributed by atoms with Gasteiger partial charge in [-0.3, -0.25) is 4.98 Å². The summed E-state index contributed by atoms with van der Waals surface area (Å²) in [4.78, 5) is 32.0. The molecule has 0 unspecified atom stereocenters. The third kappa shape index (κ3) is 8.79. The zero-order valence-electron chi connectivity index (χ0n) is 28.9. The predicted octanol–water partition coefficient (Wildman–Crippen LogP) is 7.72. The van der Waals surface area contributed by atoms with Crippen molar-refractivity contribution in [2.24, 2.45) is 0 Å². The van der Waals surface area contributed by atoms with Crippen LogP contribution in [0, 0.1) is 17.1 Å². The lowest BCUT2D eigenvalue weighted by Crippen LogP contribution is -2.50. The van der Waals surface area contributed by atoms with Crippen molar-refractivity contribution in [3.8, 4) is 23.3 Å². The molecule has 2 aliphatic rings. The Morgan fingerprint density at radius 3 is 2.21 bits per heavy atom. The Kier molecular flexibility index (Phi) is 12.4. The first-order valence-corrected chi connectivity index (χ1v) is 16.6. The second-order valence-electron chi connectivity index (χ2n) is 12.9. The fraction of sp³-hybridized carbons (Fsp3) is 0.472. The summed E-state index contributed by atoms with van der Waals surface area (Å²) in [5.74, 6) is -0.0844. The number of carbonyl (C=O) groups excluding carboxylic acids is 1. The number of benzene rings is 2. The number of piperazine rings is 1. The highest BCUT2D eigenvalue weighted by Crippen LogP contribution is 2.37. The summed E-state index contributed by atoms with van der Waals surface area (Å²) in [5.41, 5.74) is 0.255. The van der Waals surface area contributed by atoms with E-state index in [9.17, 15) is 4.79 Å². The minimum absolute atomic E-state index is 0.0454. The summed E-state index contributed by atoms with van der Waals surface area (Å²) >= 11 is 6.49. The van der Waals surface area contributed by atoms with Crippen LogP contribution in [0.25, 0.3) is 32.9 Å². The van der Waals surface area contributed by atoms with Crippen molar-refractivity contribution in [1.29, 1.82) is 5.26 Å². The van der Waals surface area contributed by atoms with Crippen molar-refractivity contribution in [2.75, 3.05) is 51.3 Å². The number of rotatable bonds is 4. The molecule has 6 rings (SSSR count). The summed E-state index contributed by atoms with van der Waals surface area (Å²) in [6.45, 7) is 16.0. The molecule has 0 spiro atoms. The van der Waals surface area contributed by atoms with Crippen LogP contribution in [0.15, 0.2) is 42.6 Å². The van der Waals surface area contributed by atoms with Crippen molar-refractivity contribution in [3.63, 3.8) is 0 Å². The van der Waals surface area contributed by atoms with Gasteiger partial charge in [-0.2, -0.15) is 15.2 Å². The summed E-state index contributed by atoms with van der Waals surface area (Å²) in [7, 11) is 1.44. The Hall–Kier alpha value is -4.27. The fourth-order valence-electron chi connectivity index (χ4n) is 5.72. The standard InChI is InChI=1S/C27H27ClFN5O3.C7H15N.C2H3N/c1-27(2,3)37-26(35)34-13-11-33(12-14-34)24-18-15-30-22(21(29)23(18)31-25(32-24)36-4)17-9-5-7-16-8-6-10-19(28)20(16)17;1-7(2)8-5-3-4-6-8;1-2-3/h5-10,15H,11-14H2,1-4H3;7H,3-6H2,1-2H3;1H3. The van der Waals surface area contributed by atoms with Gasteiger partial charge in [-0.1, -0.05) is 41.9 Å². The number of hydrogen-bond acceptors (Lipinski definition) is 9. The third-order valence-electron chi connectivity index (χ3n) is 8.04. The molecule has 4 aromatic rings. The Morgan fingerprint density at radius 2 is 1.65 bits per heavy atom. The molecule has 2 aromatic carbocycles. The van der Waals surface area contributed by atoms with Crippen LogP contribution in [0.3, 0.4) is 0 Å². The number of aromatic nitrogens is 3. The molecule has 0 atom stereocenters. The van der Waals surface area contributed by atoms with E-state index in [-0.39, 0.29) is 23.3 Å². The lowest BCUT2D eigenvalue weighted by atomic mass is 10.0. The van der Waals surface area contributed by atoms with E-state index in [4.69, 9.17) is 26.3 Å². The van der Waals surface area contributed by atoms with Gasteiger partial charge in [0.15, 0.2) is 5.82 Å². The van der Waals surface area contributed by atoms with Crippen LogP contribution in [0.4, 0.5) is 15.0 Å². The van der Waals surface area contributed by atoms with Crippen LogP contribution in [0.2, 0.25) is 5.02 Å². The Labute approximate surface area is 287 Å². The van der Waals surface area contributed by atoms with E-state index < -0.39 is 11.4 Å². The van der Waals surface area contributed by atoms with Crippen molar-refractivity contribution in [3.05, 3.63) is 53.4 Å². The van der Waals surface area contributed by atoms with E-state index in [2.05, 4.69) is 33.7 Å². The van der Waals surface area contributed by atoms with Gasteiger partial charge in [0.05, 0.1) is 18.6 Å². The van der Waals surface area contributed by atoms with Gasteiger partial charge in [-0.25, -0.2) is 9.18 Å². The van der Waals surface area contributed by atoms with E-state index in [1.165, 1.54) is 40.0 Å². The maximum atomic E-state index is 16.1. The monoisotopic (exact) mass is 677 g/mol. The molecule has 10 nitrogen and oxygen atoms in total. The Balaban J connectivity index is 0.000000405. The van der Waals surface area contributed by atoms with Crippen molar-refractivity contribution in [2.45, 2.75) is 66.0 Å². The lowest BCUT2D eigenvalue weighted by molar-refractivity contribution is 0.0240. The maximum absolute atomic E-state index is 16.1. The minimum Gasteiger partial charge on any atom is -0.467 e. The number of nitrogens with zero attached hydrogens (tertiary/aromatic N) is 7. The van der Waals surface area contributed by atoms with Gasteiger partial charge in [0.1, 0.15) is 22.6 Å². The first-order chi connectivity index (χ1) is 22.9. The number of hydrogen-bond donors (Lipinski definition) is 0. The maximum Gasteiger partial charge on any atom is 0.410 e. The number of anilines is 1. The van der Waals surface area contributed by atoms with Gasteiger partial charge in [-0.15, -0.1) is 0 Å². The number of amides is 1. The molecule has 2 saturated heterocycles. The molecule has 256 valence electrons. The number of methoxy groups -OCH3 is 1. The molecular weight excluding hydrogens is 633 g/mol. The normalized spacial score (nSPS) is 15.0. The summed E-state index contributed by atoms with van der Waals surface area (Å²) in [5, 5.41) is 9.89. The number of nitriles is 1. The van der Waals surface area contributed by atoms with Crippen LogP contribution in [0.5, 0.6) is 6.01 Å². The molecule has 48 heavy (non-hydrogen) atoms. The highest BCUT2D eigenvalue weighted by Gasteiger charge is 2.28. The minimum atomic E-state index is -0.584. The summed E-state index contributed by atoms with van der Waals surface area (Å²) in [6.07, 6.45) is 4.05. The van der Waals surface area contributed by atoms with Gasteiger partial charge < -0.3 is 24.2 Å². The van der Waals surface area contributed by atoms with Gasteiger partial charge in [0.2, 0.25) is 0 Å². The Bertz CT molecular complexity index is 1750. The number of carbonyl (C=O) groups is 1. The molecular formula is C36H45ClFN7O3. The predicted molar refractivity (Wildman–Crippen MR) is 189 cm³/mol. The fourth-order valence-corrected chi connectivity index (χ4v) is 6.00. The number of fused-ring (bicyclic) bond motifs is 2. The second-order valence-corrected chi connectivity index (χ2v) is 13.3. The van der Waals surface area contributed by atoms with Crippen LogP contribution in [-0.4, -0.2) is 88.9 Å². The summed E-state index contributed by atoms with van der Waals surface area (Å²) < 4.78 is 26.9. The lowest BCUT2D eigenvalue weighted by Gasteiger charge is -2.36. The largest absolute Gasteiger partial charge is 0.467 e. The van der Waals surface area contributed by atoms with Crippen molar-refractivity contribution >= 4 is 45.2 Å². The number of likely N-dealkylation sites (tertiary alicyclic amines) is 1. The molecule has 2 aliphatic heterocycles. The molecule has 1 amide bonds. The average Bonchev–Trinajstić information content (AvgIpc) is 3.61. The average molecular weight is 678 g/mol. The molecule has 0 N–H and O–H groups in total. The zero-order valence-corrected chi connectivity index (χ0v) is 29.6. The topological polar surface area (TPSA) is 108 Å². The van der Waals surface area contributed by atoms with Gasteiger partial charge in [0.25, 0.3) is 0 Å². The van der Waals surface area contributed by atoms with E-state index in [0.29, 0.717) is 48.0 Å². The van der Waals surface area contributed by atoms with Crippen molar-refractivity contribution < 1.29 is 18.7 Å². The van der Waals surface area contributed by atoms with Crippen LogP contribution in [-0.2, 0) is 4.74 Å². The zero-order chi connectivity index (χ0) is 35.0.